The van der Waals surface area contributed by atoms with E-state index in [1.165, 1.54) is 19.3 Å². The van der Waals surface area contributed by atoms with Crippen LogP contribution in [0, 0.1) is 5.92 Å². The number of nitrogens with zero attached hydrogens (tertiary/aromatic N) is 2. The largest absolute Gasteiger partial charge is 0.313 e. The van der Waals surface area contributed by atoms with Gasteiger partial charge in [0.05, 0.1) is 0 Å². The average molecular weight is 224 g/mol. The minimum Gasteiger partial charge on any atom is -0.313 e. The van der Waals surface area contributed by atoms with Crippen molar-refractivity contribution in [3.63, 3.8) is 0 Å². The zero-order valence-electron chi connectivity index (χ0n) is 10.7. The van der Waals surface area contributed by atoms with Crippen molar-refractivity contribution in [2.75, 3.05) is 6.54 Å². The van der Waals surface area contributed by atoms with Gasteiger partial charge >= 0.3 is 0 Å². The summed E-state index contributed by atoms with van der Waals surface area (Å²) in [5.41, 5.74) is 0. The summed E-state index contributed by atoms with van der Waals surface area (Å²) in [5, 5.41) is 10.3. The van der Waals surface area contributed by atoms with Crippen molar-refractivity contribution in [3.05, 3.63) is 12.2 Å². The second-order valence-electron chi connectivity index (χ2n) is 4.42. The molecule has 2 atom stereocenters. The Morgan fingerprint density at radius 1 is 1.44 bits per heavy atom. The Hall–Kier alpha value is -0.900. The quantitative estimate of drug-likeness (QED) is 0.711. The third-order valence-corrected chi connectivity index (χ3v) is 3.10. The van der Waals surface area contributed by atoms with Crippen molar-refractivity contribution in [2.45, 2.75) is 52.5 Å². The number of nitrogens with one attached hydrogen (secondary N) is 2. The Morgan fingerprint density at radius 2 is 2.25 bits per heavy atom. The van der Waals surface area contributed by atoms with Crippen LogP contribution in [-0.2, 0) is 6.42 Å². The number of aromatic nitrogens is 3. The molecular formula is C12H24N4. The maximum atomic E-state index is 4.11. The number of H-pyrrole nitrogens is 1. The molecule has 0 saturated heterocycles. The molecule has 2 unspecified atom stereocenters. The van der Waals surface area contributed by atoms with Crippen LogP contribution in [0.3, 0.4) is 0 Å². The van der Waals surface area contributed by atoms with Gasteiger partial charge in [0.2, 0.25) is 0 Å². The highest BCUT2D eigenvalue weighted by Crippen LogP contribution is 2.13. The van der Waals surface area contributed by atoms with Crippen LogP contribution < -0.4 is 5.32 Å². The molecule has 2 N–H and O–H groups in total. The summed E-state index contributed by atoms with van der Waals surface area (Å²) < 4.78 is 0. The molecule has 4 nitrogen and oxygen atoms in total. The van der Waals surface area contributed by atoms with Crippen LogP contribution in [0.2, 0.25) is 0 Å². The van der Waals surface area contributed by atoms with Crippen LogP contribution in [-0.4, -0.2) is 27.8 Å². The summed E-state index contributed by atoms with van der Waals surface area (Å²) in [6.45, 7) is 7.80. The topological polar surface area (TPSA) is 53.6 Å². The molecule has 92 valence electrons. The van der Waals surface area contributed by atoms with E-state index in [1.807, 2.05) is 0 Å². The van der Waals surface area contributed by atoms with Gasteiger partial charge in [-0.1, -0.05) is 27.2 Å². The molecule has 0 radical (unpaired) electrons. The second-order valence-corrected chi connectivity index (χ2v) is 4.42. The highest BCUT2D eigenvalue weighted by atomic mass is 15.2. The predicted molar refractivity (Wildman–Crippen MR) is 66.2 cm³/mol. The molecule has 1 heterocycles. The lowest BCUT2D eigenvalue weighted by atomic mass is 9.95. The van der Waals surface area contributed by atoms with Crippen LogP contribution in [0.4, 0.5) is 0 Å². The third-order valence-electron chi connectivity index (χ3n) is 3.10. The average Bonchev–Trinajstić information content (AvgIpc) is 2.77. The second kappa shape index (κ2) is 7.39. The van der Waals surface area contributed by atoms with E-state index in [1.54, 1.807) is 6.33 Å². The van der Waals surface area contributed by atoms with E-state index in [2.05, 4.69) is 41.3 Å². The number of hydrogen-bond donors (Lipinski definition) is 2. The molecule has 0 bridgehead atoms. The fraction of sp³-hybridized carbons (Fsp3) is 0.833. The van der Waals surface area contributed by atoms with E-state index in [0.29, 0.717) is 6.04 Å². The van der Waals surface area contributed by atoms with Gasteiger partial charge in [0, 0.05) is 19.0 Å². The van der Waals surface area contributed by atoms with E-state index in [9.17, 15) is 0 Å². The van der Waals surface area contributed by atoms with E-state index < -0.39 is 0 Å². The van der Waals surface area contributed by atoms with Crippen LogP contribution in [0.25, 0.3) is 0 Å². The van der Waals surface area contributed by atoms with Crippen molar-refractivity contribution in [1.29, 1.82) is 0 Å². The van der Waals surface area contributed by atoms with Crippen molar-refractivity contribution in [2.24, 2.45) is 5.92 Å². The van der Waals surface area contributed by atoms with Gasteiger partial charge in [-0.15, -0.1) is 0 Å². The molecular weight excluding hydrogens is 200 g/mol. The smallest absolute Gasteiger partial charge is 0.137 e. The fourth-order valence-electron chi connectivity index (χ4n) is 2.13. The summed E-state index contributed by atoms with van der Waals surface area (Å²) in [4.78, 5) is 4.11. The molecule has 1 rings (SSSR count). The van der Waals surface area contributed by atoms with E-state index in [4.69, 9.17) is 0 Å². The van der Waals surface area contributed by atoms with Crippen molar-refractivity contribution >= 4 is 0 Å². The van der Waals surface area contributed by atoms with E-state index in [0.717, 1.165) is 24.7 Å². The first-order valence-electron chi connectivity index (χ1n) is 6.35. The van der Waals surface area contributed by atoms with E-state index in [-0.39, 0.29) is 0 Å². The first-order valence-corrected chi connectivity index (χ1v) is 6.35. The van der Waals surface area contributed by atoms with Crippen molar-refractivity contribution in [3.8, 4) is 0 Å². The third kappa shape index (κ3) is 4.31. The van der Waals surface area contributed by atoms with Crippen LogP contribution in [0.15, 0.2) is 6.33 Å². The lowest BCUT2D eigenvalue weighted by Gasteiger charge is -2.23. The first kappa shape index (κ1) is 13.2. The minimum absolute atomic E-state index is 0.628. The van der Waals surface area contributed by atoms with Crippen molar-refractivity contribution < 1.29 is 0 Å². The lowest BCUT2D eigenvalue weighted by Crippen LogP contribution is -2.35. The molecule has 0 aliphatic carbocycles. The monoisotopic (exact) mass is 224 g/mol. The highest BCUT2D eigenvalue weighted by molar-refractivity contribution is 4.82. The Labute approximate surface area is 98.2 Å². The Bertz CT molecular complexity index is 258. The number of hydrogen-bond acceptors (Lipinski definition) is 3. The SMILES string of the molecule is CCCC(C)C(CC)NCCc1ncn[nH]1. The first-order chi connectivity index (χ1) is 7.77. The maximum Gasteiger partial charge on any atom is 0.137 e. The molecule has 1 aromatic rings. The molecule has 0 aliphatic heterocycles. The molecule has 0 amide bonds. The highest BCUT2D eigenvalue weighted by Gasteiger charge is 2.13. The van der Waals surface area contributed by atoms with Crippen LogP contribution in [0.1, 0.15) is 45.9 Å². The summed E-state index contributed by atoms with van der Waals surface area (Å²) in [6, 6.07) is 0.628. The van der Waals surface area contributed by atoms with Gasteiger partial charge in [0.25, 0.3) is 0 Å². The van der Waals surface area contributed by atoms with Gasteiger partial charge < -0.3 is 5.32 Å². The van der Waals surface area contributed by atoms with Crippen LogP contribution in [0.5, 0.6) is 0 Å². The fourth-order valence-corrected chi connectivity index (χ4v) is 2.13. The van der Waals surface area contributed by atoms with Gasteiger partial charge in [-0.05, 0) is 18.8 Å². The zero-order chi connectivity index (χ0) is 11.8. The van der Waals surface area contributed by atoms with Gasteiger partial charge in [-0.25, -0.2) is 4.98 Å². The molecule has 0 aliphatic rings. The molecule has 0 spiro atoms. The summed E-state index contributed by atoms with van der Waals surface area (Å²) in [6.07, 6.45) is 6.24. The van der Waals surface area contributed by atoms with Crippen molar-refractivity contribution in [1.82, 2.24) is 20.5 Å². The molecule has 0 fully saturated rings. The number of aromatic amines is 1. The van der Waals surface area contributed by atoms with Gasteiger partial charge in [-0.3, -0.25) is 5.10 Å². The molecule has 16 heavy (non-hydrogen) atoms. The van der Waals surface area contributed by atoms with Gasteiger partial charge in [-0.2, -0.15) is 5.10 Å². The zero-order valence-corrected chi connectivity index (χ0v) is 10.7. The minimum atomic E-state index is 0.628. The predicted octanol–water partition coefficient (Wildman–Crippen LogP) is 2.15. The lowest BCUT2D eigenvalue weighted by molar-refractivity contribution is 0.347. The number of rotatable bonds is 8. The van der Waals surface area contributed by atoms with Gasteiger partial charge in [0.15, 0.2) is 0 Å². The normalized spacial score (nSPS) is 14.9. The summed E-state index contributed by atoms with van der Waals surface area (Å²) >= 11 is 0. The van der Waals surface area contributed by atoms with Crippen LogP contribution >= 0.6 is 0 Å². The van der Waals surface area contributed by atoms with Gasteiger partial charge in [0.1, 0.15) is 12.2 Å². The summed E-state index contributed by atoms with van der Waals surface area (Å²) in [5.74, 6) is 1.72. The molecule has 1 aromatic heterocycles. The maximum absolute atomic E-state index is 4.11. The molecule has 4 heteroatoms. The summed E-state index contributed by atoms with van der Waals surface area (Å²) in [7, 11) is 0. The standard InChI is InChI=1S/C12H24N4/c1-4-6-10(3)11(5-2)13-8-7-12-14-9-15-16-12/h9-11,13H,4-8H2,1-3H3,(H,14,15,16). The van der Waals surface area contributed by atoms with E-state index >= 15 is 0 Å². The Morgan fingerprint density at radius 3 is 2.81 bits per heavy atom. The molecule has 0 aromatic carbocycles. The Balaban J connectivity index is 2.23. The molecule has 0 saturated carbocycles. The Kier molecular flexibility index (Phi) is 6.08.